The number of ether oxygens (including phenoxy) is 1. The zero-order valence-electron chi connectivity index (χ0n) is 14.5. The lowest BCUT2D eigenvalue weighted by atomic mass is 10.2. The largest absolute Gasteiger partial charge is 0.423 e. The third-order valence-corrected chi connectivity index (χ3v) is 4.40. The van der Waals surface area contributed by atoms with E-state index in [1.807, 2.05) is 12.1 Å². The van der Waals surface area contributed by atoms with Crippen LogP contribution in [-0.2, 0) is 0 Å². The Labute approximate surface area is 147 Å². The molecule has 1 aliphatic heterocycles. The minimum atomic E-state index is -0.485. The summed E-state index contributed by atoms with van der Waals surface area (Å²) in [6.07, 6.45) is 1.19. The van der Waals surface area contributed by atoms with Crippen LogP contribution in [0.4, 0.5) is 10.1 Å². The van der Waals surface area contributed by atoms with E-state index in [2.05, 4.69) is 16.7 Å². The third kappa shape index (κ3) is 4.57. The van der Waals surface area contributed by atoms with Crippen molar-refractivity contribution < 1.29 is 13.9 Å². The predicted molar refractivity (Wildman–Crippen MR) is 96.7 cm³/mol. The summed E-state index contributed by atoms with van der Waals surface area (Å²) >= 11 is 0. The first-order chi connectivity index (χ1) is 12.2. The van der Waals surface area contributed by atoms with Gasteiger partial charge in [-0.25, -0.2) is 9.18 Å². The van der Waals surface area contributed by atoms with Crippen LogP contribution in [0.1, 0.15) is 23.7 Å². The summed E-state index contributed by atoms with van der Waals surface area (Å²) in [6, 6.07) is 12.9. The number of anilines is 1. The molecule has 1 fully saturated rings. The smallest absolute Gasteiger partial charge is 0.343 e. The summed E-state index contributed by atoms with van der Waals surface area (Å²) in [5, 5.41) is 0. The second kappa shape index (κ2) is 8.12. The van der Waals surface area contributed by atoms with Crippen molar-refractivity contribution in [3.63, 3.8) is 0 Å². The Morgan fingerprint density at radius 2 is 1.64 bits per heavy atom. The van der Waals surface area contributed by atoms with Gasteiger partial charge in [-0.3, -0.25) is 4.90 Å². The van der Waals surface area contributed by atoms with Crippen molar-refractivity contribution in [3.05, 3.63) is 59.9 Å². The van der Waals surface area contributed by atoms with Crippen LogP contribution in [0.5, 0.6) is 5.75 Å². The first kappa shape index (κ1) is 17.4. The Hall–Kier alpha value is -2.40. The van der Waals surface area contributed by atoms with Crippen LogP contribution >= 0.6 is 0 Å². The van der Waals surface area contributed by atoms with Crippen LogP contribution in [0.25, 0.3) is 0 Å². The molecule has 4 nitrogen and oxygen atoms in total. The Balaban J connectivity index is 1.57. The number of piperazine rings is 1. The molecule has 3 rings (SSSR count). The molecule has 0 spiro atoms. The van der Waals surface area contributed by atoms with Crippen molar-refractivity contribution >= 4 is 11.7 Å². The van der Waals surface area contributed by atoms with Gasteiger partial charge in [0.05, 0.1) is 5.56 Å². The fourth-order valence-corrected chi connectivity index (χ4v) is 3.02. The molecule has 0 unspecified atom stereocenters. The minimum Gasteiger partial charge on any atom is -0.423 e. The van der Waals surface area contributed by atoms with Gasteiger partial charge in [-0.2, -0.15) is 0 Å². The molecule has 2 aromatic carbocycles. The summed E-state index contributed by atoms with van der Waals surface area (Å²) < 4.78 is 18.2. The molecule has 2 aromatic rings. The number of hydrogen-bond acceptors (Lipinski definition) is 4. The lowest BCUT2D eigenvalue weighted by molar-refractivity contribution is 0.0734. The summed E-state index contributed by atoms with van der Waals surface area (Å²) in [7, 11) is 0. The van der Waals surface area contributed by atoms with Gasteiger partial charge in [0.2, 0.25) is 0 Å². The summed E-state index contributed by atoms with van der Waals surface area (Å²) in [5.74, 6) is -0.372. The molecule has 0 aliphatic carbocycles. The molecular weight excluding hydrogens is 319 g/mol. The van der Waals surface area contributed by atoms with Gasteiger partial charge in [0.15, 0.2) is 0 Å². The topological polar surface area (TPSA) is 32.8 Å². The lowest BCUT2D eigenvalue weighted by Crippen LogP contribution is -2.46. The van der Waals surface area contributed by atoms with Crippen LogP contribution in [0.15, 0.2) is 48.5 Å². The van der Waals surface area contributed by atoms with Gasteiger partial charge in [-0.1, -0.05) is 6.92 Å². The van der Waals surface area contributed by atoms with Gasteiger partial charge in [0.1, 0.15) is 11.6 Å². The highest BCUT2D eigenvalue weighted by atomic mass is 19.1. The molecule has 0 aromatic heterocycles. The zero-order chi connectivity index (χ0) is 17.6. The van der Waals surface area contributed by atoms with Crippen molar-refractivity contribution in [1.29, 1.82) is 0 Å². The van der Waals surface area contributed by atoms with E-state index < -0.39 is 5.97 Å². The average Bonchev–Trinajstić information content (AvgIpc) is 2.64. The van der Waals surface area contributed by atoms with E-state index in [1.165, 1.54) is 30.7 Å². The molecular formula is C20H23FN2O2. The second-order valence-electron chi connectivity index (χ2n) is 6.22. The molecule has 132 valence electrons. The van der Waals surface area contributed by atoms with Crippen LogP contribution in [0, 0.1) is 5.82 Å². The standard InChI is InChI=1S/C20H23FN2O2/c1-2-11-22-12-14-23(15-13-22)18-7-9-19(10-8-18)25-20(24)16-3-5-17(21)6-4-16/h3-10H,2,11-15H2,1H3. The third-order valence-electron chi connectivity index (χ3n) is 4.40. The van der Waals surface area contributed by atoms with E-state index in [9.17, 15) is 9.18 Å². The molecule has 5 heteroatoms. The van der Waals surface area contributed by atoms with Crippen molar-refractivity contribution in [3.8, 4) is 5.75 Å². The highest BCUT2D eigenvalue weighted by Crippen LogP contribution is 2.21. The van der Waals surface area contributed by atoms with Crippen LogP contribution in [0.3, 0.4) is 0 Å². The second-order valence-corrected chi connectivity index (χ2v) is 6.22. The van der Waals surface area contributed by atoms with Gasteiger partial charge >= 0.3 is 5.97 Å². The van der Waals surface area contributed by atoms with Crippen LogP contribution < -0.4 is 9.64 Å². The molecule has 0 radical (unpaired) electrons. The number of halogens is 1. The van der Waals surface area contributed by atoms with Crippen molar-refractivity contribution in [2.75, 3.05) is 37.6 Å². The van der Waals surface area contributed by atoms with Crippen molar-refractivity contribution in [2.24, 2.45) is 0 Å². The van der Waals surface area contributed by atoms with E-state index in [0.717, 1.165) is 38.4 Å². The molecule has 0 saturated carbocycles. The number of esters is 1. The first-order valence-electron chi connectivity index (χ1n) is 8.71. The maximum absolute atomic E-state index is 12.9. The van der Waals surface area contributed by atoms with Crippen LogP contribution in [-0.4, -0.2) is 43.6 Å². The zero-order valence-corrected chi connectivity index (χ0v) is 14.5. The maximum atomic E-state index is 12.9. The number of benzene rings is 2. The number of carbonyl (C=O) groups excluding carboxylic acids is 1. The minimum absolute atomic E-state index is 0.331. The summed E-state index contributed by atoms with van der Waals surface area (Å²) in [4.78, 5) is 16.9. The van der Waals surface area contributed by atoms with E-state index in [-0.39, 0.29) is 5.82 Å². The molecule has 25 heavy (non-hydrogen) atoms. The highest BCUT2D eigenvalue weighted by molar-refractivity contribution is 5.91. The fraction of sp³-hybridized carbons (Fsp3) is 0.350. The van der Waals surface area contributed by atoms with Gasteiger partial charge in [0, 0.05) is 31.9 Å². The van der Waals surface area contributed by atoms with Gasteiger partial charge in [0.25, 0.3) is 0 Å². The quantitative estimate of drug-likeness (QED) is 0.614. The molecule has 0 amide bonds. The highest BCUT2D eigenvalue weighted by Gasteiger charge is 2.16. The number of nitrogens with zero attached hydrogens (tertiary/aromatic N) is 2. The fourth-order valence-electron chi connectivity index (χ4n) is 3.02. The lowest BCUT2D eigenvalue weighted by Gasteiger charge is -2.36. The van der Waals surface area contributed by atoms with Gasteiger partial charge < -0.3 is 9.64 Å². The number of carbonyl (C=O) groups is 1. The maximum Gasteiger partial charge on any atom is 0.343 e. The SMILES string of the molecule is CCCN1CCN(c2ccc(OC(=O)c3ccc(F)cc3)cc2)CC1. The van der Waals surface area contributed by atoms with Crippen LogP contribution in [0.2, 0.25) is 0 Å². The Morgan fingerprint density at radius 3 is 2.24 bits per heavy atom. The average molecular weight is 342 g/mol. The molecule has 0 bridgehead atoms. The van der Waals surface area contributed by atoms with E-state index in [0.29, 0.717) is 11.3 Å². The van der Waals surface area contributed by atoms with Gasteiger partial charge in [-0.05, 0) is 61.5 Å². The monoisotopic (exact) mass is 342 g/mol. The number of hydrogen-bond donors (Lipinski definition) is 0. The first-order valence-corrected chi connectivity index (χ1v) is 8.71. The number of rotatable bonds is 5. The molecule has 1 heterocycles. The summed E-state index contributed by atoms with van der Waals surface area (Å²) in [5.41, 5.74) is 1.47. The van der Waals surface area contributed by atoms with Crippen molar-refractivity contribution in [1.82, 2.24) is 4.90 Å². The molecule has 0 atom stereocenters. The van der Waals surface area contributed by atoms with E-state index in [1.54, 1.807) is 12.1 Å². The predicted octanol–water partition coefficient (Wildman–Crippen LogP) is 3.58. The van der Waals surface area contributed by atoms with E-state index in [4.69, 9.17) is 4.74 Å². The Kier molecular flexibility index (Phi) is 5.66. The molecule has 1 aliphatic rings. The van der Waals surface area contributed by atoms with Gasteiger partial charge in [-0.15, -0.1) is 0 Å². The normalized spacial score (nSPS) is 15.2. The summed E-state index contributed by atoms with van der Waals surface area (Å²) in [6.45, 7) is 7.54. The molecule has 0 N–H and O–H groups in total. The molecule has 1 saturated heterocycles. The Bertz CT molecular complexity index is 693. The van der Waals surface area contributed by atoms with Crippen molar-refractivity contribution in [2.45, 2.75) is 13.3 Å². The van der Waals surface area contributed by atoms with E-state index >= 15 is 0 Å². The Morgan fingerprint density at radius 1 is 1.00 bits per heavy atom.